The zero-order valence-corrected chi connectivity index (χ0v) is 17.7. The van der Waals surface area contributed by atoms with E-state index < -0.39 is 0 Å². The van der Waals surface area contributed by atoms with Crippen molar-refractivity contribution in [1.82, 2.24) is 0 Å². The van der Waals surface area contributed by atoms with Gasteiger partial charge in [0.25, 0.3) is 0 Å². The molecule has 4 aliphatic rings. The molecule has 0 spiro atoms. The van der Waals surface area contributed by atoms with E-state index in [9.17, 15) is 0 Å². The van der Waals surface area contributed by atoms with Crippen LogP contribution in [0.5, 0.6) is 0 Å². The van der Waals surface area contributed by atoms with Gasteiger partial charge in [0.15, 0.2) is 0 Å². The molecule has 0 heteroatoms. The Morgan fingerprint density at radius 1 is 1.04 bits per heavy atom. The Balaban J connectivity index is 1.64. The fourth-order valence-corrected chi connectivity index (χ4v) is 8.74. The lowest BCUT2D eigenvalue weighted by Crippen LogP contribution is -2.60. The minimum absolute atomic E-state index is 0.463. The number of hydrogen-bond acceptors (Lipinski definition) is 0. The Morgan fingerprint density at radius 2 is 1.81 bits per heavy atom. The van der Waals surface area contributed by atoms with E-state index >= 15 is 0 Å². The van der Waals surface area contributed by atoms with Gasteiger partial charge < -0.3 is 0 Å². The van der Waals surface area contributed by atoms with Gasteiger partial charge in [0, 0.05) is 5.92 Å². The molecule has 0 aliphatic heterocycles. The zero-order chi connectivity index (χ0) is 18.7. The van der Waals surface area contributed by atoms with Crippen molar-refractivity contribution >= 4 is 0 Å². The summed E-state index contributed by atoms with van der Waals surface area (Å²) in [4.78, 5) is 0. The molecule has 0 heterocycles. The van der Waals surface area contributed by atoms with Crippen molar-refractivity contribution < 1.29 is 0 Å². The molecule has 0 amide bonds. The number of allylic oxidation sites excluding steroid dienone is 1. The molecule has 8 atom stereocenters. The zero-order valence-electron chi connectivity index (χ0n) is 17.7. The summed E-state index contributed by atoms with van der Waals surface area (Å²) >= 11 is 0. The molecular weight excluding hydrogens is 312 g/mol. The fourth-order valence-electron chi connectivity index (χ4n) is 8.74. The van der Waals surface area contributed by atoms with Gasteiger partial charge in [0.1, 0.15) is 0 Å². The maximum atomic E-state index is 5.85. The lowest BCUT2D eigenvalue weighted by atomic mass is 9.37. The molecule has 26 heavy (non-hydrogen) atoms. The van der Waals surface area contributed by atoms with E-state index in [0.29, 0.717) is 22.2 Å². The van der Waals surface area contributed by atoms with Gasteiger partial charge in [-0.1, -0.05) is 39.8 Å². The molecule has 8 unspecified atom stereocenters. The second-order valence-corrected chi connectivity index (χ2v) is 11.2. The monoisotopic (exact) mass is 352 g/mol. The molecule has 0 radical (unpaired) electrons. The van der Waals surface area contributed by atoms with Gasteiger partial charge in [-0.25, -0.2) is 0 Å². The lowest BCUT2D eigenvalue weighted by molar-refractivity contribution is -0.184. The quantitative estimate of drug-likeness (QED) is 0.362. The van der Waals surface area contributed by atoms with Crippen LogP contribution in [0, 0.1) is 58.2 Å². The van der Waals surface area contributed by atoms with E-state index in [-0.39, 0.29) is 0 Å². The third kappa shape index (κ3) is 2.34. The Morgan fingerprint density at radius 3 is 2.50 bits per heavy atom. The maximum Gasteiger partial charge on any atom is 0.0205 e. The van der Waals surface area contributed by atoms with Crippen LogP contribution in [0.2, 0.25) is 0 Å². The van der Waals surface area contributed by atoms with Crippen molar-refractivity contribution in [3.05, 3.63) is 12.2 Å². The lowest BCUT2D eigenvalue weighted by Gasteiger charge is -2.68. The van der Waals surface area contributed by atoms with Crippen molar-refractivity contribution in [3.63, 3.8) is 0 Å². The minimum Gasteiger partial charge on any atom is -0.120 e. The molecule has 4 rings (SSSR count). The SMILES string of the molecule is C#CC1CCC2(C)C3CCC4C(C(=C)CC)CCC4C3(C)CCC2(C)C1. The van der Waals surface area contributed by atoms with E-state index in [2.05, 4.69) is 40.2 Å². The summed E-state index contributed by atoms with van der Waals surface area (Å²) in [5.74, 6) is 7.24. The highest BCUT2D eigenvalue weighted by atomic mass is 14.7. The predicted octanol–water partition coefficient (Wildman–Crippen LogP) is 7.25. The van der Waals surface area contributed by atoms with E-state index in [1.54, 1.807) is 5.57 Å². The summed E-state index contributed by atoms with van der Waals surface area (Å²) < 4.78 is 0. The summed E-state index contributed by atoms with van der Waals surface area (Å²) in [5, 5.41) is 0. The van der Waals surface area contributed by atoms with Gasteiger partial charge in [0.2, 0.25) is 0 Å². The molecule has 0 aromatic carbocycles. The van der Waals surface area contributed by atoms with Crippen LogP contribution in [0.15, 0.2) is 12.2 Å². The first kappa shape index (κ1) is 18.7. The molecule has 4 saturated carbocycles. The average molecular weight is 353 g/mol. The molecule has 0 aromatic rings. The number of fused-ring (bicyclic) bond motifs is 5. The van der Waals surface area contributed by atoms with E-state index in [1.165, 1.54) is 64.2 Å². The standard InChI is InChI=1S/C26H40/c1-7-18(3)20-9-11-22-21(20)10-12-23-25(22,5)16-15-24(4)17-19(8-2)13-14-26(23,24)6/h2,19-23H,3,7,9-17H2,1,4-6H3. The smallest absolute Gasteiger partial charge is 0.0205 e. The number of rotatable bonds is 2. The summed E-state index contributed by atoms with van der Waals surface area (Å²) in [6.07, 6.45) is 19.6. The molecule has 144 valence electrons. The molecule has 0 nitrogen and oxygen atoms in total. The van der Waals surface area contributed by atoms with Crippen molar-refractivity contribution in [2.24, 2.45) is 45.8 Å². The van der Waals surface area contributed by atoms with Crippen LogP contribution >= 0.6 is 0 Å². The third-order valence-electron chi connectivity index (χ3n) is 10.5. The van der Waals surface area contributed by atoms with E-state index in [1.807, 2.05) is 0 Å². The maximum absolute atomic E-state index is 5.85. The number of hydrogen-bond donors (Lipinski definition) is 0. The van der Waals surface area contributed by atoms with Crippen molar-refractivity contribution in [2.45, 2.75) is 91.9 Å². The van der Waals surface area contributed by atoms with Crippen LogP contribution in [0.4, 0.5) is 0 Å². The summed E-state index contributed by atoms with van der Waals surface area (Å²) in [5.41, 5.74) is 3.06. The fraction of sp³-hybridized carbons (Fsp3) is 0.846. The average Bonchev–Trinajstić information content (AvgIpc) is 3.07. The highest BCUT2D eigenvalue weighted by Crippen LogP contribution is 2.73. The van der Waals surface area contributed by atoms with Crippen molar-refractivity contribution in [3.8, 4) is 12.3 Å². The largest absolute Gasteiger partial charge is 0.120 e. The van der Waals surface area contributed by atoms with E-state index in [0.717, 1.165) is 23.7 Å². The highest BCUT2D eigenvalue weighted by molar-refractivity contribution is 5.18. The van der Waals surface area contributed by atoms with Crippen LogP contribution in [0.25, 0.3) is 0 Å². The summed E-state index contributed by atoms with van der Waals surface area (Å²) in [6, 6.07) is 0. The number of terminal acetylenes is 1. The first-order chi connectivity index (χ1) is 12.3. The second-order valence-electron chi connectivity index (χ2n) is 11.2. The molecule has 4 aliphatic carbocycles. The van der Waals surface area contributed by atoms with Crippen LogP contribution < -0.4 is 0 Å². The second kappa shape index (κ2) is 6.15. The van der Waals surface area contributed by atoms with E-state index in [4.69, 9.17) is 6.42 Å². The molecule has 0 aromatic heterocycles. The van der Waals surface area contributed by atoms with Gasteiger partial charge in [-0.2, -0.15) is 0 Å². The molecule has 4 fully saturated rings. The van der Waals surface area contributed by atoms with Gasteiger partial charge >= 0.3 is 0 Å². The normalized spacial score (nSPS) is 53.1. The van der Waals surface area contributed by atoms with Gasteiger partial charge in [0.05, 0.1) is 0 Å². The molecule has 0 saturated heterocycles. The summed E-state index contributed by atoms with van der Waals surface area (Å²) in [6.45, 7) is 14.7. The Hall–Kier alpha value is -0.700. The molecule has 0 bridgehead atoms. The minimum atomic E-state index is 0.463. The topological polar surface area (TPSA) is 0 Å². The Bertz CT molecular complexity index is 622. The third-order valence-corrected chi connectivity index (χ3v) is 10.5. The Kier molecular flexibility index (Phi) is 4.42. The van der Waals surface area contributed by atoms with Gasteiger partial charge in [-0.05, 0) is 104 Å². The first-order valence-corrected chi connectivity index (χ1v) is 11.4. The molecule has 0 N–H and O–H groups in total. The van der Waals surface area contributed by atoms with Crippen molar-refractivity contribution in [1.29, 1.82) is 0 Å². The van der Waals surface area contributed by atoms with Gasteiger partial charge in [-0.15, -0.1) is 12.3 Å². The predicted molar refractivity (Wildman–Crippen MR) is 112 cm³/mol. The van der Waals surface area contributed by atoms with Crippen LogP contribution in [-0.2, 0) is 0 Å². The van der Waals surface area contributed by atoms with Gasteiger partial charge in [-0.3, -0.25) is 0 Å². The van der Waals surface area contributed by atoms with Crippen LogP contribution in [0.1, 0.15) is 91.9 Å². The van der Waals surface area contributed by atoms with Crippen molar-refractivity contribution in [2.75, 3.05) is 0 Å². The van der Waals surface area contributed by atoms with Crippen LogP contribution in [0.3, 0.4) is 0 Å². The van der Waals surface area contributed by atoms with Crippen LogP contribution in [-0.4, -0.2) is 0 Å². The highest BCUT2D eigenvalue weighted by Gasteiger charge is 2.64. The Labute approximate surface area is 162 Å². The molecular formula is C26H40. The first-order valence-electron chi connectivity index (χ1n) is 11.4. The summed E-state index contributed by atoms with van der Waals surface area (Å²) in [7, 11) is 0.